The minimum Gasteiger partial charge on any atom is -0.361 e. The molecule has 0 aliphatic heterocycles. The monoisotopic (exact) mass is 276 g/mol. The minimum atomic E-state index is -0.160. The molecule has 0 saturated heterocycles. The Morgan fingerprint density at radius 3 is 2.76 bits per heavy atom. The van der Waals surface area contributed by atoms with Crippen LogP contribution in [-0.2, 0) is 4.79 Å². The Bertz CT molecular complexity index is 830. The van der Waals surface area contributed by atoms with Gasteiger partial charge < -0.3 is 10.3 Å². The largest absolute Gasteiger partial charge is 0.361 e. The molecule has 3 nitrogen and oxygen atoms in total. The van der Waals surface area contributed by atoms with Gasteiger partial charge in [-0.2, -0.15) is 0 Å². The van der Waals surface area contributed by atoms with Crippen LogP contribution in [-0.4, -0.2) is 10.9 Å². The Labute approximate surface area is 123 Å². The van der Waals surface area contributed by atoms with Gasteiger partial charge in [-0.25, -0.2) is 0 Å². The third kappa shape index (κ3) is 2.58. The molecule has 0 aliphatic carbocycles. The molecule has 0 bridgehead atoms. The van der Waals surface area contributed by atoms with Gasteiger partial charge in [-0.05, 0) is 42.3 Å². The van der Waals surface area contributed by atoms with Gasteiger partial charge in [0.15, 0.2) is 0 Å². The molecule has 3 aromatic rings. The fourth-order valence-corrected chi connectivity index (χ4v) is 2.34. The van der Waals surface area contributed by atoms with Crippen molar-refractivity contribution in [3.05, 3.63) is 66.9 Å². The molecule has 1 aromatic heterocycles. The maximum Gasteiger partial charge on any atom is 0.250 e. The highest BCUT2D eigenvalue weighted by atomic mass is 16.1. The zero-order chi connectivity index (χ0) is 14.8. The van der Waals surface area contributed by atoms with Gasteiger partial charge in [0.05, 0.1) is 0 Å². The van der Waals surface area contributed by atoms with E-state index in [4.69, 9.17) is 0 Å². The van der Waals surface area contributed by atoms with Crippen molar-refractivity contribution in [2.45, 2.75) is 6.92 Å². The molecule has 0 radical (unpaired) electrons. The average Bonchev–Trinajstić information content (AvgIpc) is 2.95. The van der Waals surface area contributed by atoms with Crippen LogP contribution >= 0.6 is 0 Å². The van der Waals surface area contributed by atoms with Gasteiger partial charge in [0.25, 0.3) is 5.91 Å². The van der Waals surface area contributed by atoms with Crippen LogP contribution in [0.3, 0.4) is 0 Å². The number of benzene rings is 2. The topological polar surface area (TPSA) is 44.9 Å². The number of hydrogen-bond donors (Lipinski definition) is 2. The van der Waals surface area contributed by atoms with Gasteiger partial charge in [-0.1, -0.05) is 30.8 Å². The Morgan fingerprint density at radius 1 is 1.14 bits per heavy atom. The van der Waals surface area contributed by atoms with Gasteiger partial charge in [0.2, 0.25) is 0 Å². The molecular formula is C18H16N2O. The summed E-state index contributed by atoms with van der Waals surface area (Å²) >= 11 is 0. The molecule has 0 unspecified atom stereocenters. The van der Waals surface area contributed by atoms with E-state index in [1.54, 1.807) is 6.92 Å². The van der Waals surface area contributed by atoms with Gasteiger partial charge in [-0.3, -0.25) is 4.79 Å². The zero-order valence-electron chi connectivity index (χ0n) is 11.8. The van der Waals surface area contributed by atoms with E-state index in [0.717, 1.165) is 22.3 Å². The van der Waals surface area contributed by atoms with E-state index in [0.29, 0.717) is 5.57 Å². The first-order chi connectivity index (χ1) is 10.1. The van der Waals surface area contributed by atoms with Crippen molar-refractivity contribution in [2.75, 3.05) is 5.32 Å². The number of anilines is 1. The number of H-pyrrole nitrogens is 1. The number of rotatable bonds is 3. The Kier molecular flexibility index (Phi) is 3.32. The van der Waals surface area contributed by atoms with Gasteiger partial charge in [0.1, 0.15) is 0 Å². The van der Waals surface area contributed by atoms with Gasteiger partial charge >= 0.3 is 0 Å². The first kappa shape index (κ1) is 13.2. The summed E-state index contributed by atoms with van der Waals surface area (Å²) in [5, 5.41) is 4.01. The molecule has 21 heavy (non-hydrogen) atoms. The molecule has 0 aliphatic rings. The lowest BCUT2D eigenvalue weighted by Gasteiger charge is -2.08. The molecule has 0 spiro atoms. The Balaban J connectivity index is 2.02. The van der Waals surface area contributed by atoms with Crippen molar-refractivity contribution in [1.82, 2.24) is 4.98 Å². The lowest BCUT2D eigenvalue weighted by atomic mass is 10.0. The lowest BCUT2D eigenvalue weighted by molar-refractivity contribution is -0.112. The van der Waals surface area contributed by atoms with Gasteiger partial charge in [0, 0.05) is 28.4 Å². The summed E-state index contributed by atoms with van der Waals surface area (Å²) in [7, 11) is 0. The summed E-state index contributed by atoms with van der Waals surface area (Å²) in [4.78, 5) is 14.9. The van der Waals surface area contributed by atoms with Crippen molar-refractivity contribution >= 4 is 22.5 Å². The number of nitrogens with one attached hydrogen (secondary N) is 2. The van der Waals surface area contributed by atoms with Crippen molar-refractivity contribution in [3.8, 4) is 11.1 Å². The fourth-order valence-electron chi connectivity index (χ4n) is 2.34. The van der Waals surface area contributed by atoms with Crippen molar-refractivity contribution in [1.29, 1.82) is 0 Å². The van der Waals surface area contributed by atoms with Crippen molar-refractivity contribution < 1.29 is 4.79 Å². The molecule has 104 valence electrons. The average molecular weight is 276 g/mol. The summed E-state index contributed by atoms with van der Waals surface area (Å²) in [5.74, 6) is -0.160. The molecule has 2 aromatic carbocycles. The van der Waals surface area contributed by atoms with Crippen LogP contribution in [0.2, 0.25) is 0 Å². The minimum absolute atomic E-state index is 0.160. The molecule has 1 heterocycles. The van der Waals surface area contributed by atoms with Crippen LogP contribution in [0, 0.1) is 0 Å². The second-order valence-electron chi connectivity index (χ2n) is 5.06. The molecule has 2 N–H and O–H groups in total. The highest BCUT2D eigenvalue weighted by Crippen LogP contribution is 2.29. The van der Waals surface area contributed by atoms with E-state index in [-0.39, 0.29) is 5.91 Å². The molecule has 3 rings (SSSR count). The van der Waals surface area contributed by atoms with Crippen LogP contribution < -0.4 is 5.32 Å². The summed E-state index contributed by atoms with van der Waals surface area (Å²) < 4.78 is 0. The molecule has 0 fully saturated rings. The summed E-state index contributed by atoms with van der Waals surface area (Å²) in [6.07, 6.45) is 1.93. The number of aromatic nitrogens is 1. The van der Waals surface area contributed by atoms with Crippen molar-refractivity contribution in [3.63, 3.8) is 0 Å². The van der Waals surface area contributed by atoms with E-state index in [9.17, 15) is 4.79 Å². The maximum absolute atomic E-state index is 11.7. The van der Waals surface area contributed by atoms with Crippen LogP contribution in [0.15, 0.2) is 66.9 Å². The predicted molar refractivity (Wildman–Crippen MR) is 87.2 cm³/mol. The highest BCUT2D eigenvalue weighted by Gasteiger charge is 2.07. The summed E-state index contributed by atoms with van der Waals surface area (Å²) in [5.41, 5.74) is 4.57. The normalized spacial score (nSPS) is 10.5. The predicted octanol–water partition coefficient (Wildman–Crippen LogP) is 4.35. The SMILES string of the molecule is C=C(C)C(=O)Nc1cccc(-c2cccc3[nH]ccc23)c1. The number of amides is 1. The van der Waals surface area contributed by atoms with E-state index < -0.39 is 0 Å². The van der Waals surface area contributed by atoms with E-state index in [1.165, 1.54) is 5.39 Å². The van der Waals surface area contributed by atoms with Gasteiger partial charge in [-0.15, -0.1) is 0 Å². The van der Waals surface area contributed by atoms with E-state index in [2.05, 4.69) is 29.0 Å². The number of fused-ring (bicyclic) bond motifs is 1. The second-order valence-corrected chi connectivity index (χ2v) is 5.06. The third-order valence-corrected chi connectivity index (χ3v) is 3.41. The number of aromatic amines is 1. The Hall–Kier alpha value is -2.81. The van der Waals surface area contributed by atoms with E-state index >= 15 is 0 Å². The highest BCUT2D eigenvalue weighted by molar-refractivity contribution is 6.03. The lowest BCUT2D eigenvalue weighted by Crippen LogP contribution is -2.11. The third-order valence-electron chi connectivity index (χ3n) is 3.41. The molecule has 3 heteroatoms. The van der Waals surface area contributed by atoms with Crippen LogP contribution in [0.4, 0.5) is 5.69 Å². The second kappa shape index (κ2) is 5.29. The molecular weight excluding hydrogens is 260 g/mol. The quantitative estimate of drug-likeness (QED) is 0.686. The molecule has 0 saturated carbocycles. The zero-order valence-corrected chi connectivity index (χ0v) is 11.8. The standard InChI is InChI=1S/C18H16N2O/c1-12(2)18(21)20-14-6-3-5-13(11-14)15-7-4-8-17-16(15)9-10-19-17/h3-11,19H,1H2,2H3,(H,20,21). The number of carbonyl (C=O) groups excluding carboxylic acids is 1. The number of carbonyl (C=O) groups is 1. The first-order valence-electron chi connectivity index (χ1n) is 6.78. The Morgan fingerprint density at radius 2 is 1.95 bits per heavy atom. The smallest absolute Gasteiger partial charge is 0.250 e. The molecule has 0 atom stereocenters. The summed E-state index contributed by atoms with van der Waals surface area (Å²) in [6, 6.07) is 16.0. The van der Waals surface area contributed by atoms with Crippen molar-refractivity contribution in [2.24, 2.45) is 0 Å². The molecule has 1 amide bonds. The first-order valence-corrected chi connectivity index (χ1v) is 6.78. The maximum atomic E-state index is 11.7. The van der Waals surface area contributed by atoms with Crippen LogP contribution in [0.1, 0.15) is 6.92 Å². The number of hydrogen-bond acceptors (Lipinski definition) is 1. The van der Waals surface area contributed by atoms with Crippen LogP contribution in [0.25, 0.3) is 22.0 Å². The van der Waals surface area contributed by atoms with E-state index in [1.807, 2.05) is 42.6 Å². The summed E-state index contributed by atoms with van der Waals surface area (Å²) in [6.45, 7) is 5.34. The fraction of sp³-hybridized carbons (Fsp3) is 0.0556. The van der Waals surface area contributed by atoms with Crippen LogP contribution in [0.5, 0.6) is 0 Å².